The number of ether oxygens (including phenoxy) is 1. The Morgan fingerprint density at radius 2 is 1.85 bits per heavy atom. The van der Waals surface area contributed by atoms with Gasteiger partial charge >= 0.3 is 0 Å². The molecule has 2 aromatic carbocycles. The second-order valence-electron chi connectivity index (χ2n) is 8.39. The Bertz CT molecular complexity index is 1640. The lowest BCUT2D eigenvalue weighted by atomic mass is 10.0. The minimum Gasteiger partial charge on any atom is -0.495 e. The Morgan fingerprint density at radius 1 is 1.07 bits per heavy atom. The van der Waals surface area contributed by atoms with Crippen LogP contribution in [0.1, 0.15) is 29.7 Å². The van der Waals surface area contributed by atoms with Crippen molar-refractivity contribution in [1.82, 2.24) is 25.0 Å². The van der Waals surface area contributed by atoms with Crippen molar-refractivity contribution in [3.63, 3.8) is 0 Å². The first-order chi connectivity index (χ1) is 19.2. The number of hydrogen-bond acceptors (Lipinski definition) is 7. The fraction of sp³-hybridized carbons (Fsp3) is 0.192. The van der Waals surface area contributed by atoms with Crippen LogP contribution in [0.25, 0.3) is 16.8 Å². The summed E-state index contributed by atoms with van der Waals surface area (Å²) in [6.45, 7) is 1.72. The van der Waals surface area contributed by atoms with Crippen LogP contribution in [0.5, 0.6) is 5.75 Å². The third-order valence-corrected chi connectivity index (χ3v) is 6.33. The van der Waals surface area contributed by atoms with Crippen molar-refractivity contribution in [3.05, 3.63) is 86.8 Å². The highest BCUT2D eigenvalue weighted by Crippen LogP contribution is 2.35. The zero-order valence-electron chi connectivity index (χ0n) is 21.4. The third kappa shape index (κ3) is 5.98. The molecule has 2 heterocycles. The Kier molecular flexibility index (Phi) is 8.83. The van der Waals surface area contributed by atoms with Crippen LogP contribution in [0.2, 0.25) is 10.2 Å². The van der Waals surface area contributed by atoms with E-state index in [9.17, 15) is 18.8 Å². The minimum absolute atomic E-state index is 0.0987. The van der Waals surface area contributed by atoms with E-state index in [1.807, 2.05) is 5.48 Å². The fourth-order valence-electron chi connectivity index (χ4n) is 4.09. The zero-order valence-corrected chi connectivity index (χ0v) is 23.0. The predicted molar refractivity (Wildman–Crippen MR) is 146 cm³/mol. The molecule has 0 saturated carbocycles. The quantitative estimate of drug-likeness (QED) is 0.277. The van der Waals surface area contributed by atoms with Gasteiger partial charge in [0.1, 0.15) is 17.6 Å². The molecule has 2 aromatic heterocycles. The number of halogens is 3. The van der Waals surface area contributed by atoms with Crippen molar-refractivity contribution in [2.45, 2.75) is 19.4 Å². The van der Waals surface area contributed by atoms with Crippen LogP contribution in [0, 0.1) is 5.82 Å². The summed E-state index contributed by atoms with van der Waals surface area (Å²) >= 11 is 12.2. The maximum atomic E-state index is 14.5. The number of rotatable bonds is 9. The number of benzene rings is 2. The van der Waals surface area contributed by atoms with E-state index in [2.05, 4.69) is 20.5 Å². The highest BCUT2D eigenvalue weighted by molar-refractivity contribution is 6.31. The largest absolute Gasteiger partial charge is 0.495 e. The lowest BCUT2D eigenvalue weighted by Crippen LogP contribution is -2.32. The zero-order chi connectivity index (χ0) is 29.0. The van der Waals surface area contributed by atoms with Crippen LogP contribution in [0.3, 0.4) is 0 Å². The molecule has 4 rings (SSSR count). The average molecular weight is 589 g/mol. The second kappa shape index (κ2) is 12.3. The van der Waals surface area contributed by atoms with Crippen molar-refractivity contribution in [1.29, 1.82) is 0 Å². The molecule has 0 fully saturated rings. The van der Waals surface area contributed by atoms with Gasteiger partial charge < -0.3 is 10.1 Å². The number of nitrogens with one attached hydrogen (secondary N) is 2. The Labute approximate surface area is 237 Å². The molecule has 40 heavy (non-hydrogen) atoms. The Morgan fingerprint density at radius 3 is 2.48 bits per heavy atom. The number of methoxy groups -OCH3 is 1. The molecule has 0 radical (unpaired) electrons. The molecular weight excluding hydrogens is 566 g/mol. The minimum atomic E-state index is -0.970. The maximum absolute atomic E-state index is 14.5. The van der Waals surface area contributed by atoms with E-state index in [0.717, 1.165) is 6.07 Å². The van der Waals surface area contributed by atoms with E-state index in [1.165, 1.54) is 54.1 Å². The van der Waals surface area contributed by atoms with Crippen molar-refractivity contribution in [2.24, 2.45) is 0 Å². The number of hydroxylamine groups is 1. The molecule has 1 atom stereocenters. The molecule has 14 heteroatoms. The lowest BCUT2D eigenvalue weighted by Gasteiger charge is -2.21. The van der Waals surface area contributed by atoms with Crippen LogP contribution in [-0.4, -0.2) is 45.6 Å². The summed E-state index contributed by atoms with van der Waals surface area (Å²) in [5.74, 6) is -1.94. The van der Waals surface area contributed by atoms with Crippen LogP contribution in [0.4, 0.5) is 10.1 Å². The van der Waals surface area contributed by atoms with E-state index in [0.29, 0.717) is 21.8 Å². The molecule has 0 bridgehead atoms. The van der Waals surface area contributed by atoms with Gasteiger partial charge in [0.05, 0.1) is 37.9 Å². The fourth-order valence-corrected chi connectivity index (χ4v) is 4.39. The normalized spacial score (nSPS) is 11.7. The molecule has 0 aliphatic carbocycles. The Hall–Kier alpha value is -4.26. The highest BCUT2D eigenvalue weighted by Gasteiger charge is 2.24. The monoisotopic (exact) mass is 588 g/mol. The first-order valence-corrected chi connectivity index (χ1v) is 12.5. The number of hydrogen-bond donors (Lipinski definition) is 2. The van der Waals surface area contributed by atoms with E-state index in [1.54, 1.807) is 25.1 Å². The van der Waals surface area contributed by atoms with Gasteiger partial charge in [0.15, 0.2) is 5.15 Å². The van der Waals surface area contributed by atoms with Gasteiger partial charge in [-0.1, -0.05) is 35.3 Å². The number of anilines is 1. The van der Waals surface area contributed by atoms with Crippen molar-refractivity contribution in [2.75, 3.05) is 19.5 Å². The van der Waals surface area contributed by atoms with Gasteiger partial charge in [-0.25, -0.2) is 14.6 Å². The van der Waals surface area contributed by atoms with Gasteiger partial charge in [-0.3, -0.25) is 23.8 Å². The van der Waals surface area contributed by atoms with E-state index < -0.39 is 29.2 Å². The van der Waals surface area contributed by atoms with Crippen molar-refractivity contribution in [3.8, 4) is 22.6 Å². The molecule has 11 nitrogen and oxygen atoms in total. The van der Waals surface area contributed by atoms with Crippen LogP contribution < -0.4 is 21.1 Å². The number of nitrogens with zero attached hydrogens (tertiary/aromatic N) is 4. The van der Waals surface area contributed by atoms with E-state index >= 15 is 0 Å². The molecule has 0 aliphatic rings. The van der Waals surface area contributed by atoms with Gasteiger partial charge in [-0.2, -0.15) is 0 Å². The number of carbonyl (C=O) groups excluding carboxylic acids is 2. The summed E-state index contributed by atoms with van der Waals surface area (Å²) in [5.41, 5.74) is 2.80. The second-order valence-corrected chi connectivity index (χ2v) is 9.22. The first-order valence-electron chi connectivity index (χ1n) is 11.8. The third-order valence-electron chi connectivity index (χ3n) is 5.93. The van der Waals surface area contributed by atoms with Gasteiger partial charge in [0.2, 0.25) is 5.91 Å². The summed E-state index contributed by atoms with van der Waals surface area (Å²) in [6.07, 6.45) is 3.15. The first kappa shape index (κ1) is 28.7. The average Bonchev–Trinajstić information content (AvgIpc) is 3.35. The van der Waals surface area contributed by atoms with Crippen molar-refractivity contribution < 1.29 is 23.6 Å². The predicted octanol–water partition coefficient (Wildman–Crippen LogP) is 4.43. The van der Waals surface area contributed by atoms with Crippen LogP contribution in [0.15, 0.2) is 59.7 Å². The van der Waals surface area contributed by atoms with Gasteiger partial charge in [-0.05, 0) is 42.8 Å². The summed E-state index contributed by atoms with van der Waals surface area (Å²) in [4.78, 5) is 42.9. The molecule has 2 N–H and O–H groups in total. The van der Waals surface area contributed by atoms with Crippen molar-refractivity contribution >= 4 is 40.7 Å². The molecule has 208 valence electrons. The molecule has 4 aromatic rings. The molecular formula is C26H23Cl2FN6O5. The summed E-state index contributed by atoms with van der Waals surface area (Å²) in [7, 11) is 2.65. The van der Waals surface area contributed by atoms with Gasteiger partial charge in [0.25, 0.3) is 11.5 Å². The van der Waals surface area contributed by atoms with Crippen LogP contribution in [-0.2, 0) is 9.63 Å². The molecule has 0 saturated heterocycles. The van der Waals surface area contributed by atoms with Gasteiger partial charge in [-0.15, -0.1) is 5.10 Å². The topological polar surface area (TPSA) is 129 Å². The molecule has 0 aliphatic heterocycles. The smallest absolute Gasteiger partial charge is 0.277 e. The standard InChI is InChI=1S/C26H23Cl2FN6O5/c1-4-20(26(38)30-15-6-7-16(19(29)10-15)25(37)32-40-3)34-12-22(39-2)18(11-24(34)36)17-9-14(27)5-8-21(17)35-13-23(28)31-33-35/h5-13,20H,4H2,1-3H3,(H,30,38)(H,32,37)/t20-/m0/s1. The van der Waals surface area contributed by atoms with E-state index in [-0.39, 0.29) is 28.6 Å². The summed E-state index contributed by atoms with van der Waals surface area (Å²) < 4.78 is 22.7. The van der Waals surface area contributed by atoms with E-state index in [4.69, 9.17) is 27.9 Å². The molecule has 2 amide bonds. The van der Waals surface area contributed by atoms with Gasteiger partial charge in [0, 0.05) is 27.9 Å². The lowest BCUT2D eigenvalue weighted by molar-refractivity contribution is -0.119. The maximum Gasteiger partial charge on any atom is 0.277 e. The SMILES string of the molecule is CC[C@@H](C(=O)Nc1ccc(C(=O)NOC)c(F)c1)n1cc(OC)c(-c2cc(Cl)ccc2-n2cc(Cl)nn2)cc1=O. The summed E-state index contributed by atoms with van der Waals surface area (Å²) in [5, 5.41) is 11.0. The number of carbonyl (C=O) groups is 2. The van der Waals surface area contributed by atoms with Crippen LogP contribution >= 0.6 is 23.2 Å². The summed E-state index contributed by atoms with van der Waals surface area (Å²) in [6, 6.07) is 8.91. The molecule has 0 unspecified atom stereocenters. The number of aromatic nitrogens is 4. The Balaban J connectivity index is 1.69. The highest BCUT2D eigenvalue weighted by atomic mass is 35.5. The number of amides is 2. The molecule has 0 spiro atoms. The number of pyridine rings is 1.